The number of carbonyl (C=O) groups is 1. The van der Waals surface area contributed by atoms with E-state index in [4.69, 9.17) is 30.9 Å². The Labute approximate surface area is 212 Å². The summed E-state index contributed by atoms with van der Waals surface area (Å²) in [6, 6.07) is 11.9. The van der Waals surface area contributed by atoms with Gasteiger partial charge in [0.2, 0.25) is 0 Å². The molecular weight excluding hydrogens is 487 g/mol. The lowest BCUT2D eigenvalue weighted by atomic mass is 9.95. The lowest BCUT2D eigenvalue weighted by Gasteiger charge is -2.22. The van der Waals surface area contributed by atoms with Gasteiger partial charge in [-0.05, 0) is 42.8 Å². The number of Topliss-reactive ketones (excluding diaryl/α,β-unsaturated/α-hetero) is 1. The summed E-state index contributed by atoms with van der Waals surface area (Å²) < 4.78 is 30.3. The van der Waals surface area contributed by atoms with Gasteiger partial charge in [-0.3, -0.25) is 4.79 Å². The number of ketones is 1. The number of aliphatic hydroxyl groups is 1. The number of rotatable bonds is 10. The Morgan fingerprint density at radius 3 is 2.61 bits per heavy atom. The van der Waals surface area contributed by atoms with Crippen LogP contribution >= 0.6 is 11.6 Å². The SMILES string of the molecule is COc1cc2[nH]cc(C(=O)C(Nc3cc(C)cc(OCCO)c3)c3ccc(F)cc3OC)c2cc1Cl. The van der Waals surface area contributed by atoms with Crippen LogP contribution in [0.15, 0.2) is 54.7 Å². The van der Waals surface area contributed by atoms with E-state index in [9.17, 15) is 9.18 Å². The molecule has 7 nitrogen and oxygen atoms in total. The molecule has 4 rings (SSSR count). The van der Waals surface area contributed by atoms with Gasteiger partial charge in [0, 0.05) is 52.1 Å². The summed E-state index contributed by atoms with van der Waals surface area (Å²) in [4.78, 5) is 17.1. The highest BCUT2D eigenvalue weighted by molar-refractivity contribution is 6.33. The second kappa shape index (κ2) is 10.9. The second-order valence-electron chi connectivity index (χ2n) is 8.17. The Balaban J connectivity index is 1.81. The summed E-state index contributed by atoms with van der Waals surface area (Å²) in [7, 11) is 2.94. The number of aromatic amines is 1. The van der Waals surface area contributed by atoms with Crippen LogP contribution in [-0.4, -0.2) is 43.3 Å². The van der Waals surface area contributed by atoms with E-state index in [0.29, 0.717) is 44.2 Å². The molecular formula is C27H26ClFN2O5. The molecule has 3 aromatic carbocycles. The van der Waals surface area contributed by atoms with Crippen molar-refractivity contribution in [1.82, 2.24) is 4.98 Å². The number of aryl methyl sites for hydroxylation is 1. The van der Waals surface area contributed by atoms with E-state index in [0.717, 1.165) is 5.56 Å². The smallest absolute Gasteiger partial charge is 0.191 e. The zero-order valence-electron chi connectivity index (χ0n) is 20.0. The van der Waals surface area contributed by atoms with Crippen LogP contribution in [0, 0.1) is 12.7 Å². The molecule has 0 amide bonds. The fraction of sp³-hybridized carbons (Fsp3) is 0.222. The molecule has 0 aliphatic heterocycles. The summed E-state index contributed by atoms with van der Waals surface area (Å²) >= 11 is 6.35. The zero-order valence-corrected chi connectivity index (χ0v) is 20.8. The van der Waals surface area contributed by atoms with Crippen LogP contribution < -0.4 is 19.5 Å². The van der Waals surface area contributed by atoms with Crippen LogP contribution in [0.4, 0.5) is 10.1 Å². The number of nitrogens with one attached hydrogen (secondary N) is 2. The molecule has 1 aromatic heterocycles. The van der Waals surface area contributed by atoms with Gasteiger partial charge in [-0.25, -0.2) is 4.39 Å². The van der Waals surface area contributed by atoms with E-state index in [1.54, 1.807) is 24.4 Å². The molecule has 0 bridgehead atoms. The maximum absolute atomic E-state index is 14.0. The van der Waals surface area contributed by atoms with Gasteiger partial charge >= 0.3 is 0 Å². The average molecular weight is 513 g/mol. The summed E-state index contributed by atoms with van der Waals surface area (Å²) in [5, 5.41) is 13.4. The standard InChI is InChI=1S/C27H26ClFN2O5/c1-15-8-17(11-18(9-15)36-7-6-32)31-26(19-5-4-16(29)10-24(19)34-2)27(33)21-14-30-23-13-25(35-3)22(28)12-20(21)23/h4-5,8-14,26,30-32H,6-7H2,1-3H3. The summed E-state index contributed by atoms with van der Waals surface area (Å²) in [5.74, 6) is 0.476. The number of anilines is 1. The molecule has 36 heavy (non-hydrogen) atoms. The first-order valence-corrected chi connectivity index (χ1v) is 11.6. The Hall–Kier alpha value is -3.75. The monoisotopic (exact) mass is 512 g/mol. The molecule has 0 aliphatic carbocycles. The maximum Gasteiger partial charge on any atom is 0.191 e. The lowest BCUT2D eigenvalue weighted by molar-refractivity contribution is 0.0970. The summed E-state index contributed by atoms with van der Waals surface area (Å²) in [6.45, 7) is 1.90. The molecule has 0 saturated heterocycles. The first kappa shape index (κ1) is 25.3. The third kappa shape index (κ3) is 5.24. The second-order valence-corrected chi connectivity index (χ2v) is 8.58. The van der Waals surface area contributed by atoms with Crippen molar-refractivity contribution in [2.45, 2.75) is 13.0 Å². The molecule has 1 unspecified atom stereocenters. The third-order valence-corrected chi connectivity index (χ3v) is 6.01. The van der Waals surface area contributed by atoms with Gasteiger partial charge in [-0.1, -0.05) is 11.6 Å². The minimum absolute atomic E-state index is 0.126. The van der Waals surface area contributed by atoms with E-state index in [2.05, 4.69) is 10.3 Å². The first-order chi connectivity index (χ1) is 17.3. The topological polar surface area (TPSA) is 92.8 Å². The van der Waals surface area contributed by atoms with E-state index < -0.39 is 11.9 Å². The van der Waals surface area contributed by atoms with Crippen LogP contribution in [0.2, 0.25) is 5.02 Å². The summed E-state index contributed by atoms with van der Waals surface area (Å²) in [5.41, 5.74) is 3.02. The number of ether oxygens (including phenoxy) is 3. The molecule has 0 fully saturated rings. The van der Waals surface area contributed by atoms with Crippen molar-refractivity contribution in [2.75, 3.05) is 32.8 Å². The van der Waals surface area contributed by atoms with Crippen LogP contribution in [-0.2, 0) is 0 Å². The number of fused-ring (bicyclic) bond motifs is 1. The third-order valence-electron chi connectivity index (χ3n) is 5.71. The van der Waals surface area contributed by atoms with Crippen molar-refractivity contribution in [3.8, 4) is 17.2 Å². The van der Waals surface area contributed by atoms with Crippen molar-refractivity contribution < 1.29 is 28.5 Å². The van der Waals surface area contributed by atoms with Gasteiger partial charge in [0.1, 0.15) is 35.7 Å². The van der Waals surface area contributed by atoms with Crippen molar-refractivity contribution in [3.05, 3.63) is 82.3 Å². The van der Waals surface area contributed by atoms with E-state index in [1.807, 2.05) is 19.1 Å². The highest BCUT2D eigenvalue weighted by Gasteiger charge is 2.28. The quantitative estimate of drug-likeness (QED) is 0.236. The van der Waals surface area contributed by atoms with Gasteiger partial charge in [-0.15, -0.1) is 0 Å². The number of methoxy groups -OCH3 is 2. The predicted molar refractivity (Wildman–Crippen MR) is 137 cm³/mol. The molecule has 0 saturated carbocycles. The number of aromatic nitrogens is 1. The van der Waals surface area contributed by atoms with Gasteiger partial charge in [0.25, 0.3) is 0 Å². The number of benzene rings is 3. The molecule has 1 heterocycles. The molecule has 9 heteroatoms. The zero-order chi connectivity index (χ0) is 25.8. The molecule has 188 valence electrons. The summed E-state index contributed by atoms with van der Waals surface area (Å²) in [6.07, 6.45) is 1.61. The van der Waals surface area contributed by atoms with Gasteiger partial charge in [0.15, 0.2) is 5.78 Å². The average Bonchev–Trinajstić information content (AvgIpc) is 3.27. The maximum atomic E-state index is 14.0. The van der Waals surface area contributed by atoms with E-state index >= 15 is 0 Å². The fourth-order valence-corrected chi connectivity index (χ4v) is 4.33. The highest BCUT2D eigenvalue weighted by atomic mass is 35.5. The lowest BCUT2D eigenvalue weighted by Crippen LogP contribution is -2.22. The Morgan fingerprint density at radius 1 is 1.11 bits per heavy atom. The van der Waals surface area contributed by atoms with Crippen LogP contribution in [0.1, 0.15) is 27.5 Å². The van der Waals surface area contributed by atoms with Gasteiger partial charge in [-0.2, -0.15) is 0 Å². The Morgan fingerprint density at radius 2 is 1.89 bits per heavy atom. The largest absolute Gasteiger partial charge is 0.496 e. The highest BCUT2D eigenvalue weighted by Crippen LogP contribution is 2.36. The van der Waals surface area contributed by atoms with Gasteiger partial charge in [0.05, 0.1) is 25.8 Å². The molecule has 3 N–H and O–H groups in total. The molecule has 0 spiro atoms. The van der Waals surface area contributed by atoms with E-state index in [1.165, 1.54) is 32.4 Å². The minimum Gasteiger partial charge on any atom is -0.496 e. The van der Waals surface area contributed by atoms with Crippen LogP contribution in [0.3, 0.4) is 0 Å². The van der Waals surface area contributed by atoms with Crippen molar-refractivity contribution >= 4 is 34.0 Å². The Kier molecular flexibility index (Phi) is 7.67. The molecule has 0 aliphatic rings. The van der Waals surface area contributed by atoms with Crippen molar-refractivity contribution in [2.24, 2.45) is 0 Å². The normalized spacial score (nSPS) is 11.8. The predicted octanol–water partition coefficient (Wildman–Crippen LogP) is 5.69. The number of H-pyrrole nitrogens is 1. The molecule has 4 aromatic rings. The van der Waals surface area contributed by atoms with Crippen LogP contribution in [0.5, 0.6) is 17.2 Å². The number of hydrogen-bond acceptors (Lipinski definition) is 6. The number of halogens is 2. The van der Waals surface area contributed by atoms with Crippen LogP contribution in [0.25, 0.3) is 10.9 Å². The van der Waals surface area contributed by atoms with Crippen molar-refractivity contribution in [3.63, 3.8) is 0 Å². The first-order valence-electron chi connectivity index (χ1n) is 11.2. The molecule has 1 atom stereocenters. The minimum atomic E-state index is -0.937. The van der Waals surface area contributed by atoms with Crippen molar-refractivity contribution in [1.29, 1.82) is 0 Å². The van der Waals surface area contributed by atoms with E-state index in [-0.39, 0.29) is 24.7 Å². The Bertz CT molecular complexity index is 1400. The fourth-order valence-electron chi connectivity index (χ4n) is 4.09. The number of carbonyl (C=O) groups excluding carboxylic acids is 1. The van der Waals surface area contributed by atoms with Gasteiger partial charge < -0.3 is 29.6 Å². The number of aliphatic hydroxyl groups excluding tert-OH is 1. The molecule has 0 radical (unpaired) electrons. The number of hydrogen-bond donors (Lipinski definition) is 3.